The number of benzene rings is 2. The quantitative estimate of drug-likeness (QED) is 0.534. The van der Waals surface area contributed by atoms with Crippen molar-refractivity contribution in [2.24, 2.45) is 0 Å². The number of thiocarbonyl (C=S) groups is 1. The average molecular weight is 371 g/mol. The van der Waals surface area contributed by atoms with Gasteiger partial charge in [-0.25, -0.2) is 0 Å². The minimum atomic E-state index is -0.413. The van der Waals surface area contributed by atoms with E-state index in [0.717, 1.165) is 12.0 Å². The van der Waals surface area contributed by atoms with Crippen molar-refractivity contribution in [1.29, 1.82) is 0 Å². The lowest BCUT2D eigenvalue weighted by molar-refractivity contribution is -0.124. The summed E-state index contributed by atoms with van der Waals surface area (Å²) in [6.07, 6.45) is 1.14. The number of hydrazine groups is 1. The molecule has 0 saturated carbocycles. The lowest BCUT2D eigenvalue weighted by Crippen LogP contribution is -2.49. The van der Waals surface area contributed by atoms with Crippen LogP contribution in [0.5, 0.6) is 5.75 Å². The van der Waals surface area contributed by atoms with E-state index >= 15 is 0 Å². The minimum Gasteiger partial charge on any atom is -0.484 e. The van der Waals surface area contributed by atoms with Gasteiger partial charge in [-0.15, -0.1) is 0 Å². The Morgan fingerprint density at radius 2 is 1.62 bits per heavy atom. The number of aryl methyl sites for hydroxylation is 1. The van der Waals surface area contributed by atoms with Gasteiger partial charge in [-0.1, -0.05) is 49.4 Å². The highest BCUT2D eigenvalue weighted by Crippen LogP contribution is 2.12. The molecule has 0 atom stereocenters. The highest BCUT2D eigenvalue weighted by Gasteiger charge is 2.07. The number of ether oxygens (including phenoxy) is 1. The molecule has 0 heterocycles. The van der Waals surface area contributed by atoms with Crippen LogP contribution in [0.25, 0.3) is 0 Å². The SMILES string of the molecule is CCc1ccc(OCC(=O)NNC(=S)NC(=O)Cc2ccccc2)cc1. The fourth-order valence-corrected chi connectivity index (χ4v) is 2.28. The number of nitrogens with one attached hydrogen (secondary N) is 3. The standard InChI is InChI=1S/C19H21N3O3S/c1-2-14-8-10-16(11-9-14)25-13-18(24)21-22-19(26)20-17(23)12-15-6-4-3-5-7-15/h3-11H,2,12-13H2,1H3,(H,21,24)(H2,20,22,23,26). The number of amides is 2. The Hall–Kier alpha value is -2.93. The first-order chi connectivity index (χ1) is 12.6. The van der Waals surface area contributed by atoms with Gasteiger partial charge in [0, 0.05) is 0 Å². The van der Waals surface area contributed by atoms with Crippen LogP contribution in [0, 0.1) is 0 Å². The summed E-state index contributed by atoms with van der Waals surface area (Å²) in [6.45, 7) is 1.90. The predicted molar refractivity (Wildman–Crippen MR) is 103 cm³/mol. The van der Waals surface area contributed by atoms with Crippen molar-refractivity contribution in [3.8, 4) is 5.75 Å². The van der Waals surface area contributed by atoms with Crippen molar-refractivity contribution in [1.82, 2.24) is 16.2 Å². The molecule has 0 fully saturated rings. The molecule has 7 heteroatoms. The fraction of sp³-hybridized carbons (Fsp3) is 0.211. The van der Waals surface area contributed by atoms with Gasteiger partial charge >= 0.3 is 0 Å². The molecule has 3 N–H and O–H groups in total. The summed E-state index contributed by atoms with van der Waals surface area (Å²) in [5.41, 5.74) is 6.92. The molecule has 0 aliphatic heterocycles. The van der Waals surface area contributed by atoms with E-state index in [9.17, 15) is 9.59 Å². The maximum atomic E-state index is 11.9. The summed E-state index contributed by atoms with van der Waals surface area (Å²) in [4.78, 5) is 23.6. The van der Waals surface area contributed by atoms with Crippen LogP contribution in [0.3, 0.4) is 0 Å². The van der Waals surface area contributed by atoms with E-state index in [0.29, 0.717) is 5.75 Å². The predicted octanol–water partition coefficient (Wildman–Crippen LogP) is 1.89. The van der Waals surface area contributed by atoms with E-state index in [-0.39, 0.29) is 24.0 Å². The molecule has 0 aromatic heterocycles. The van der Waals surface area contributed by atoms with Crippen LogP contribution in [0.4, 0.5) is 0 Å². The van der Waals surface area contributed by atoms with E-state index in [2.05, 4.69) is 23.1 Å². The van der Waals surface area contributed by atoms with Crippen LogP contribution in [0.2, 0.25) is 0 Å². The van der Waals surface area contributed by atoms with E-state index in [4.69, 9.17) is 17.0 Å². The van der Waals surface area contributed by atoms with Crippen LogP contribution < -0.4 is 20.9 Å². The molecule has 0 aliphatic rings. The molecule has 136 valence electrons. The van der Waals surface area contributed by atoms with Crippen LogP contribution >= 0.6 is 12.2 Å². The van der Waals surface area contributed by atoms with Crippen LogP contribution in [-0.4, -0.2) is 23.5 Å². The Labute approximate surface area is 157 Å². The second-order valence-corrected chi connectivity index (χ2v) is 5.91. The summed E-state index contributed by atoms with van der Waals surface area (Å²) < 4.78 is 5.38. The first kappa shape index (κ1) is 19.4. The topological polar surface area (TPSA) is 79.5 Å². The van der Waals surface area contributed by atoms with E-state index < -0.39 is 5.91 Å². The zero-order valence-electron chi connectivity index (χ0n) is 14.5. The van der Waals surface area contributed by atoms with Crippen molar-refractivity contribution in [2.45, 2.75) is 19.8 Å². The third-order valence-corrected chi connectivity index (χ3v) is 3.68. The second kappa shape index (κ2) is 10.1. The van der Waals surface area contributed by atoms with Crippen molar-refractivity contribution in [2.75, 3.05) is 6.61 Å². The molecule has 0 saturated heterocycles. The van der Waals surface area contributed by atoms with Gasteiger partial charge in [0.05, 0.1) is 6.42 Å². The van der Waals surface area contributed by atoms with Gasteiger partial charge in [0.1, 0.15) is 5.75 Å². The lowest BCUT2D eigenvalue weighted by Gasteiger charge is -2.11. The number of rotatable bonds is 6. The first-order valence-electron chi connectivity index (χ1n) is 8.21. The maximum Gasteiger partial charge on any atom is 0.276 e. The Kier molecular flexibility index (Phi) is 7.57. The molecular weight excluding hydrogens is 350 g/mol. The first-order valence-corrected chi connectivity index (χ1v) is 8.62. The van der Waals surface area contributed by atoms with Crippen molar-refractivity contribution in [3.05, 3.63) is 65.7 Å². The molecule has 0 unspecified atom stereocenters. The van der Waals surface area contributed by atoms with Crippen LogP contribution in [0.15, 0.2) is 54.6 Å². The van der Waals surface area contributed by atoms with Gasteiger partial charge < -0.3 is 10.1 Å². The van der Waals surface area contributed by atoms with Gasteiger partial charge in [-0.3, -0.25) is 20.4 Å². The largest absolute Gasteiger partial charge is 0.484 e. The molecule has 2 aromatic carbocycles. The van der Waals surface area contributed by atoms with Gasteiger partial charge in [-0.05, 0) is 41.9 Å². The monoisotopic (exact) mass is 371 g/mol. The molecular formula is C19H21N3O3S. The van der Waals surface area contributed by atoms with Crippen molar-refractivity contribution >= 4 is 29.1 Å². The van der Waals surface area contributed by atoms with Crippen LogP contribution in [0.1, 0.15) is 18.1 Å². The molecule has 0 aliphatic carbocycles. The van der Waals surface area contributed by atoms with E-state index in [1.54, 1.807) is 0 Å². The van der Waals surface area contributed by atoms with Gasteiger partial charge in [0.25, 0.3) is 5.91 Å². The summed E-state index contributed by atoms with van der Waals surface area (Å²) in [6, 6.07) is 16.8. The summed E-state index contributed by atoms with van der Waals surface area (Å²) in [5.74, 6) is -0.0736. The molecule has 0 radical (unpaired) electrons. The zero-order valence-corrected chi connectivity index (χ0v) is 15.3. The van der Waals surface area contributed by atoms with E-state index in [1.807, 2.05) is 54.6 Å². The van der Waals surface area contributed by atoms with Crippen molar-refractivity contribution in [3.63, 3.8) is 0 Å². The number of hydrogen-bond acceptors (Lipinski definition) is 4. The Morgan fingerprint density at radius 1 is 0.923 bits per heavy atom. The summed E-state index contributed by atoms with van der Waals surface area (Å²) in [5, 5.41) is 2.52. The molecule has 0 bridgehead atoms. The van der Waals surface area contributed by atoms with E-state index in [1.165, 1.54) is 5.56 Å². The Balaban J connectivity index is 1.66. The van der Waals surface area contributed by atoms with Gasteiger partial charge in [-0.2, -0.15) is 0 Å². The molecule has 2 rings (SSSR count). The minimum absolute atomic E-state index is 0.0200. The molecule has 26 heavy (non-hydrogen) atoms. The van der Waals surface area contributed by atoms with Crippen LogP contribution in [-0.2, 0) is 22.4 Å². The molecule has 2 aromatic rings. The highest BCUT2D eigenvalue weighted by atomic mass is 32.1. The fourth-order valence-electron chi connectivity index (χ4n) is 2.12. The Morgan fingerprint density at radius 3 is 2.27 bits per heavy atom. The van der Waals surface area contributed by atoms with Gasteiger partial charge in [0.15, 0.2) is 11.7 Å². The zero-order chi connectivity index (χ0) is 18.8. The normalized spacial score (nSPS) is 9.88. The number of carbonyl (C=O) groups excluding carboxylic acids is 2. The summed E-state index contributed by atoms with van der Waals surface area (Å²) >= 11 is 4.97. The second-order valence-electron chi connectivity index (χ2n) is 5.50. The molecule has 0 spiro atoms. The van der Waals surface area contributed by atoms with Gasteiger partial charge in [0.2, 0.25) is 5.91 Å². The maximum absolute atomic E-state index is 11.9. The Bertz CT molecular complexity index is 748. The average Bonchev–Trinajstić information content (AvgIpc) is 2.65. The van der Waals surface area contributed by atoms with Crippen molar-refractivity contribution < 1.29 is 14.3 Å². The summed E-state index contributed by atoms with van der Waals surface area (Å²) in [7, 11) is 0. The third-order valence-electron chi connectivity index (χ3n) is 3.48. The number of carbonyl (C=O) groups is 2. The smallest absolute Gasteiger partial charge is 0.276 e. The number of hydrogen-bond donors (Lipinski definition) is 3. The molecule has 6 nitrogen and oxygen atoms in total. The molecule has 2 amide bonds. The third kappa shape index (κ3) is 6.90. The highest BCUT2D eigenvalue weighted by molar-refractivity contribution is 7.80. The lowest BCUT2D eigenvalue weighted by atomic mass is 10.1.